The Bertz CT molecular complexity index is 650. The zero-order valence-corrected chi connectivity index (χ0v) is 28.6. The maximum Gasteiger partial charge on any atom is 0.472 e. The zero-order chi connectivity index (χ0) is 31.9. The van der Waals surface area contributed by atoms with Crippen molar-refractivity contribution in [3.8, 4) is 0 Å². The quantitative estimate of drug-likeness (QED) is 0.0361. The summed E-state index contributed by atoms with van der Waals surface area (Å²) in [6.07, 6.45) is 24.9. The van der Waals surface area contributed by atoms with Crippen LogP contribution in [0.15, 0.2) is 0 Å². The molecular weight excluding hydrogens is 571 g/mol. The van der Waals surface area contributed by atoms with Crippen LogP contribution in [0.3, 0.4) is 0 Å². The van der Waals surface area contributed by atoms with Crippen LogP contribution in [-0.4, -0.2) is 66.3 Å². The second-order valence-electron chi connectivity index (χ2n) is 11.9. The molecule has 0 aliphatic rings. The third-order valence-corrected chi connectivity index (χ3v) is 8.49. The Kier molecular flexibility index (Phi) is 31.0. The minimum Gasteiger partial charge on any atom is -0.457 e. The van der Waals surface area contributed by atoms with Crippen LogP contribution in [0, 0.1) is 0 Å². The molecule has 0 heterocycles. The summed E-state index contributed by atoms with van der Waals surface area (Å²) in [7, 11) is -4.49. The van der Waals surface area contributed by atoms with Gasteiger partial charge in [-0.25, -0.2) is 4.57 Å². The zero-order valence-electron chi connectivity index (χ0n) is 27.7. The summed E-state index contributed by atoms with van der Waals surface area (Å²) in [5.74, 6) is -0.382. The lowest BCUT2D eigenvalue weighted by Crippen LogP contribution is -2.29. The third-order valence-electron chi connectivity index (χ3n) is 7.54. The summed E-state index contributed by atoms with van der Waals surface area (Å²) < 4.78 is 33.1. The Labute approximate surface area is 263 Å². The molecule has 0 amide bonds. The highest BCUT2D eigenvalue weighted by Crippen LogP contribution is 2.43. The summed E-state index contributed by atoms with van der Waals surface area (Å²) in [4.78, 5) is 22.4. The highest BCUT2D eigenvalue weighted by molar-refractivity contribution is 7.47. The summed E-state index contributed by atoms with van der Waals surface area (Å²) in [6, 6.07) is 0. The molecule has 0 aromatic rings. The van der Waals surface area contributed by atoms with E-state index in [2.05, 4.69) is 13.8 Å². The number of phosphoric acid groups is 1. The fraction of sp³-hybridized carbons (Fsp3) is 0.970. The number of hydrogen-bond acceptors (Lipinski definition) is 8. The second kappa shape index (κ2) is 31.4. The SMILES string of the molecule is CCCCCCCCCCCCCCCC(=O)OC(COCCCCCCCCCCC)COP(=O)(O)OCC(O)CO. The largest absolute Gasteiger partial charge is 0.472 e. The molecule has 0 rings (SSSR count). The Balaban J connectivity index is 4.23. The van der Waals surface area contributed by atoms with Gasteiger partial charge < -0.3 is 24.6 Å². The van der Waals surface area contributed by atoms with Gasteiger partial charge in [0.2, 0.25) is 0 Å². The van der Waals surface area contributed by atoms with E-state index in [-0.39, 0.29) is 25.6 Å². The Morgan fingerprint density at radius 1 is 0.628 bits per heavy atom. The Morgan fingerprint density at radius 2 is 1.05 bits per heavy atom. The van der Waals surface area contributed by atoms with Crippen LogP contribution in [0.1, 0.15) is 162 Å². The highest BCUT2D eigenvalue weighted by atomic mass is 31.2. The van der Waals surface area contributed by atoms with Crippen molar-refractivity contribution >= 4 is 13.8 Å². The van der Waals surface area contributed by atoms with Crippen LogP contribution in [0.4, 0.5) is 0 Å². The first-order valence-corrected chi connectivity index (χ1v) is 19.0. The van der Waals surface area contributed by atoms with Crippen LogP contribution in [0.2, 0.25) is 0 Å². The first-order valence-electron chi connectivity index (χ1n) is 17.5. The highest BCUT2D eigenvalue weighted by Gasteiger charge is 2.26. The Morgan fingerprint density at radius 3 is 1.51 bits per heavy atom. The predicted molar refractivity (Wildman–Crippen MR) is 173 cm³/mol. The molecule has 0 saturated heterocycles. The van der Waals surface area contributed by atoms with Crippen LogP contribution in [0.5, 0.6) is 0 Å². The average Bonchev–Trinajstić information content (AvgIpc) is 2.99. The molecule has 0 aliphatic carbocycles. The molecule has 0 aliphatic heterocycles. The van der Waals surface area contributed by atoms with Crippen molar-refractivity contribution in [1.82, 2.24) is 0 Å². The van der Waals surface area contributed by atoms with E-state index in [1.165, 1.54) is 109 Å². The van der Waals surface area contributed by atoms with Gasteiger partial charge in [-0.05, 0) is 12.8 Å². The van der Waals surface area contributed by atoms with Crippen LogP contribution in [-0.2, 0) is 27.9 Å². The minimum absolute atomic E-state index is 0.0562. The molecule has 9 nitrogen and oxygen atoms in total. The lowest BCUT2D eigenvalue weighted by atomic mass is 10.0. The van der Waals surface area contributed by atoms with E-state index < -0.39 is 33.2 Å². The number of hydrogen-bond donors (Lipinski definition) is 3. The number of carbonyl (C=O) groups is 1. The first-order chi connectivity index (χ1) is 20.8. The lowest BCUT2D eigenvalue weighted by molar-refractivity contribution is -0.154. The van der Waals surface area contributed by atoms with Gasteiger partial charge in [-0.1, -0.05) is 142 Å². The van der Waals surface area contributed by atoms with Gasteiger partial charge >= 0.3 is 13.8 Å². The van der Waals surface area contributed by atoms with Gasteiger partial charge in [0.25, 0.3) is 0 Å². The molecule has 0 aromatic carbocycles. The molecule has 10 heteroatoms. The monoisotopic (exact) mass is 638 g/mol. The lowest BCUT2D eigenvalue weighted by Gasteiger charge is -2.20. The van der Waals surface area contributed by atoms with Crippen LogP contribution < -0.4 is 0 Å². The normalized spacial score (nSPS) is 14.4. The summed E-state index contributed by atoms with van der Waals surface area (Å²) >= 11 is 0. The maximum absolute atomic E-state index is 12.5. The van der Waals surface area contributed by atoms with Gasteiger partial charge in [0.15, 0.2) is 0 Å². The topological polar surface area (TPSA) is 132 Å². The average molecular weight is 639 g/mol. The van der Waals surface area contributed by atoms with Gasteiger partial charge in [-0.15, -0.1) is 0 Å². The van der Waals surface area contributed by atoms with Crippen molar-refractivity contribution in [2.24, 2.45) is 0 Å². The van der Waals surface area contributed by atoms with Gasteiger partial charge in [0, 0.05) is 13.0 Å². The predicted octanol–water partition coefficient (Wildman–Crippen LogP) is 8.41. The maximum atomic E-state index is 12.5. The first kappa shape index (κ1) is 42.5. The number of phosphoric ester groups is 1. The number of aliphatic hydroxyl groups excluding tert-OH is 2. The molecule has 0 spiro atoms. The fourth-order valence-electron chi connectivity index (χ4n) is 4.83. The van der Waals surface area contributed by atoms with E-state index in [0.29, 0.717) is 6.61 Å². The van der Waals surface area contributed by atoms with Crippen LogP contribution in [0.25, 0.3) is 0 Å². The van der Waals surface area contributed by atoms with Gasteiger partial charge in [0.1, 0.15) is 12.2 Å². The molecule has 0 bridgehead atoms. The van der Waals surface area contributed by atoms with E-state index in [1.54, 1.807) is 0 Å². The molecule has 0 aromatic heterocycles. The van der Waals surface area contributed by atoms with Crippen molar-refractivity contribution < 1.29 is 43.0 Å². The summed E-state index contributed by atoms with van der Waals surface area (Å²) in [6.45, 7) is 3.51. The van der Waals surface area contributed by atoms with Crippen molar-refractivity contribution in [2.75, 3.05) is 33.0 Å². The van der Waals surface area contributed by atoms with Crippen molar-refractivity contribution in [2.45, 2.75) is 174 Å². The van der Waals surface area contributed by atoms with Gasteiger partial charge in [-0.3, -0.25) is 13.8 Å². The molecule has 3 atom stereocenters. The summed E-state index contributed by atoms with van der Waals surface area (Å²) in [5.41, 5.74) is 0. The molecular formula is C33H67O9P. The van der Waals surface area contributed by atoms with E-state index in [0.717, 1.165) is 32.1 Å². The van der Waals surface area contributed by atoms with Gasteiger partial charge in [0.05, 0.1) is 26.4 Å². The molecule has 3 N–H and O–H groups in total. The summed E-state index contributed by atoms with van der Waals surface area (Å²) in [5, 5.41) is 18.2. The van der Waals surface area contributed by atoms with E-state index in [4.69, 9.17) is 23.6 Å². The second-order valence-corrected chi connectivity index (χ2v) is 13.4. The number of esters is 1. The Hall–Kier alpha value is -0.540. The smallest absolute Gasteiger partial charge is 0.457 e. The van der Waals surface area contributed by atoms with Gasteiger partial charge in [-0.2, -0.15) is 0 Å². The number of aliphatic hydroxyl groups is 2. The molecule has 0 radical (unpaired) electrons. The number of unbranched alkanes of at least 4 members (excludes halogenated alkanes) is 20. The van der Waals surface area contributed by atoms with Crippen molar-refractivity contribution in [3.05, 3.63) is 0 Å². The number of ether oxygens (including phenoxy) is 2. The van der Waals surface area contributed by atoms with Crippen molar-refractivity contribution in [1.29, 1.82) is 0 Å². The molecule has 43 heavy (non-hydrogen) atoms. The van der Waals surface area contributed by atoms with E-state index in [1.807, 2.05) is 0 Å². The van der Waals surface area contributed by atoms with Crippen molar-refractivity contribution in [3.63, 3.8) is 0 Å². The standard InChI is InChI=1S/C33H67O9P/c1-3-5-7-9-11-13-14-15-16-17-19-21-23-25-33(36)42-32(30-41-43(37,38)40-28-31(35)27-34)29-39-26-24-22-20-18-12-10-8-6-4-2/h31-32,34-35H,3-30H2,1-2H3,(H,37,38). The van der Waals surface area contributed by atoms with E-state index >= 15 is 0 Å². The number of carbonyl (C=O) groups excluding carboxylic acids is 1. The fourth-order valence-corrected chi connectivity index (χ4v) is 5.61. The molecule has 0 fully saturated rings. The van der Waals surface area contributed by atoms with Crippen LogP contribution >= 0.6 is 7.82 Å². The van der Waals surface area contributed by atoms with E-state index in [9.17, 15) is 19.4 Å². The molecule has 3 unspecified atom stereocenters. The third kappa shape index (κ3) is 31.2. The minimum atomic E-state index is -4.49. The number of rotatable bonds is 34. The molecule has 0 saturated carbocycles. The molecule has 258 valence electrons.